The van der Waals surface area contributed by atoms with E-state index >= 15 is 0 Å². The number of halogens is 1. The van der Waals surface area contributed by atoms with Crippen molar-refractivity contribution in [1.82, 2.24) is 15.2 Å². The predicted octanol–water partition coefficient (Wildman–Crippen LogP) is 3.71. The number of nitrogens with zero attached hydrogens (tertiary/aromatic N) is 3. The molecule has 1 aromatic heterocycles. The number of ketones is 1. The Hall–Kier alpha value is -3.18. The normalized spacial score (nSPS) is 15.4. The largest absolute Gasteiger partial charge is 0.494 e. The number of amidine groups is 1. The third-order valence-corrected chi connectivity index (χ3v) is 7.25. The first kappa shape index (κ1) is 31.3. The zero-order valence-electron chi connectivity index (χ0n) is 24.1. The van der Waals surface area contributed by atoms with Gasteiger partial charge in [0, 0.05) is 43.4 Å². The number of aliphatic hydroxyl groups excluding tert-OH is 1. The van der Waals surface area contributed by atoms with E-state index in [4.69, 9.17) is 14.9 Å². The zero-order chi connectivity index (χ0) is 28.5. The fraction of sp³-hybridized carbons (Fsp3) is 0.517. The number of aromatic nitrogens is 1. The van der Waals surface area contributed by atoms with Crippen LogP contribution in [0.15, 0.2) is 18.2 Å². The summed E-state index contributed by atoms with van der Waals surface area (Å²) in [5.74, 6) is 0.676. The molecule has 0 bridgehead atoms. The van der Waals surface area contributed by atoms with E-state index < -0.39 is 5.91 Å². The number of benzene rings is 1. The van der Waals surface area contributed by atoms with Gasteiger partial charge in [0.25, 0.3) is 5.91 Å². The second-order valence-corrected chi connectivity index (χ2v) is 11.0. The topological polar surface area (TPSA) is 128 Å². The average molecular weight is 619 g/mol. The van der Waals surface area contributed by atoms with Crippen LogP contribution in [0.2, 0.25) is 0 Å². The number of anilines is 1. The van der Waals surface area contributed by atoms with Crippen LogP contribution in [-0.4, -0.2) is 79.0 Å². The molecule has 218 valence electrons. The molecule has 3 N–H and O–H groups in total. The molecule has 0 radical (unpaired) electrons. The van der Waals surface area contributed by atoms with Crippen LogP contribution < -0.4 is 19.7 Å². The lowest BCUT2D eigenvalue weighted by molar-refractivity contribution is 0.0949. The molecule has 0 aliphatic carbocycles. The van der Waals surface area contributed by atoms with Crippen LogP contribution in [0.25, 0.3) is 0 Å². The molecule has 1 fully saturated rings. The number of pyridine rings is 1. The van der Waals surface area contributed by atoms with Crippen molar-refractivity contribution < 1.29 is 24.2 Å². The Morgan fingerprint density at radius 3 is 2.45 bits per heavy atom. The molecule has 3 heterocycles. The van der Waals surface area contributed by atoms with Crippen molar-refractivity contribution in [2.75, 3.05) is 45.3 Å². The highest BCUT2D eigenvalue weighted by Crippen LogP contribution is 2.41. The highest BCUT2D eigenvalue weighted by atomic mass is 79.9. The molecule has 10 nitrogen and oxygen atoms in total. The Morgan fingerprint density at radius 2 is 1.88 bits per heavy atom. The second kappa shape index (κ2) is 12.6. The van der Waals surface area contributed by atoms with Crippen molar-refractivity contribution in [1.29, 1.82) is 5.41 Å². The second-order valence-electron chi connectivity index (χ2n) is 11.0. The fourth-order valence-electron chi connectivity index (χ4n) is 5.13. The van der Waals surface area contributed by atoms with E-state index in [-0.39, 0.29) is 52.4 Å². The van der Waals surface area contributed by atoms with Crippen molar-refractivity contribution in [2.24, 2.45) is 0 Å². The Balaban J connectivity index is 0.00000441. The summed E-state index contributed by atoms with van der Waals surface area (Å²) in [6, 6.07) is 5.50. The van der Waals surface area contributed by atoms with Crippen molar-refractivity contribution >= 4 is 40.2 Å². The summed E-state index contributed by atoms with van der Waals surface area (Å²) in [7, 11) is 3.16. The van der Waals surface area contributed by atoms with Crippen molar-refractivity contribution in [3.63, 3.8) is 0 Å². The minimum absolute atomic E-state index is 0. The van der Waals surface area contributed by atoms with E-state index in [9.17, 15) is 14.7 Å². The summed E-state index contributed by atoms with van der Waals surface area (Å²) in [4.78, 5) is 34.4. The molecule has 40 heavy (non-hydrogen) atoms. The molecule has 2 aliphatic rings. The van der Waals surface area contributed by atoms with Crippen LogP contribution in [0.3, 0.4) is 0 Å². The number of ether oxygens (including phenoxy) is 2. The minimum atomic E-state index is -0.394. The van der Waals surface area contributed by atoms with Gasteiger partial charge in [0.05, 0.1) is 32.1 Å². The average Bonchev–Trinajstić information content (AvgIpc) is 3.20. The van der Waals surface area contributed by atoms with Crippen LogP contribution in [0.4, 0.5) is 5.69 Å². The summed E-state index contributed by atoms with van der Waals surface area (Å²) < 4.78 is 11.5. The predicted molar refractivity (Wildman–Crippen MR) is 160 cm³/mol. The van der Waals surface area contributed by atoms with Gasteiger partial charge in [-0.05, 0) is 43.4 Å². The maximum Gasteiger partial charge on any atom is 0.273 e. The van der Waals surface area contributed by atoms with Gasteiger partial charge in [0.2, 0.25) is 0 Å². The van der Waals surface area contributed by atoms with Gasteiger partial charge in [-0.15, -0.1) is 17.0 Å². The van der Waals surface area contributed by atoms with Crippen molar-refractivity contribution in [3.8, 4) is 11.5 Å². The number of Topliss-reactive ketones (excluding diaryl/α,β-unsaturated/α-hetero) is 1. The first-order valence-electron chi connectivity index (χ1n) is 13.4. The van der Waals surface area contributed by atoms with E-state index in [2.05, 4.69) is 36.0 Å². The number of aliphatic hydroxyl groups is 1. The van der Waals surface area contributed by atoms with Gasteiger partial charge >= 0.3 is 0 Å². The summed E-state index contributed by atoms with van der Waals surface area (Å²) >= 11 is 0. The zero-order valence-corrected chi connectivity index (χ0v) is 25.8. The third-order valence-electron chi connectivity index (χ3n) is 7.25. The molecule has 4 rings (SSSR count). The number of fused-ring (bicyclic) bond motifs is 1. The maximum atomic E-state index is 13.7. The van der Waals surface area contributed by atoms with Gasteiger partial charge in [0.1, 0.15) is 17.3 Å². The van der Waals surface area contributed by atoms with Crippen LogP contribution in [0.5, 0.6) is 11.5 Å². The van der Waals surface area contributed by atoms with Crippen LogP contribution in [0.1, 0.15) is 78.2 Å². The fourth-order valence-corrected chi connectivity index (χ4v) is 5.13. The molecule has 0 unspecified atom stereocenters. The van der Waals surface area contributed by atoms with Gasteiger partial charge in [-0.2, -0.15) is 0 Å². The number of carbonyl (C=O) groups is 2. The molecular formula is C29H40BrN5O5. The summed E-state index contributed by atoms with van der Waals surface area (Å²) in [5, 5.41) is 21.3. The van der Waals surface area contributed by atoms with Crippen LogP contribution >= 0.6 is 17.0 Å². The lowest BCUT2D eigenvalue weighted by Gasteiger charge is -2.35. The molecule has 1 saturated heterocycles. The molecule has 0 saturated carbocycles. The Bertz CT molecular complexity index is 1280. The number of carbonyl (C=O) groups excluding carboxylic acids is 2. The van der Waals surface area contributed by atoms with Gasteiger partial charge in [0.15, 0.2) is 17.2 Å². The van der Waals surface area contributed by atoms with E-state index in [1.807, 2.05) is 19.1 Å². The molecule has 0 atom stereocenters. The third kappa shape index (κ3) is 6.25. The molecular weight excluding hydrogens is 578 g/mol. The summed E-state index contributed by atoms with van der Waals surface area (Å²) in [5.41, 5.74) is 3.27. The molecule has 11 heteroatoms. The first-order valence-corrected chi connectivity index (χ1v) is 13.4. The van der Waals surface area contributed by atoms with E-state index in [1.165, 1.54) is 7.05 Å². The Kier molecular flexibility index (Phi) is 9.84. The molecule has 2 aliphatic heterocycles. The highest BCUT2D eigenvalue weighted by molar-refractivity contribution is 8.93. The smallest absolute Gasteiger partial charge is 0.273 e. The van der Waals surface area contributed by atoms with E-state index in [0.717, 1.165) is 22.6 Å². The quantitative estimate of drug-likeness (QED) is 0.383. The van der Waals surface area contributed by atoms with Crippen molar-refractivity contribution in [3.05, 3.63) is 46.3 Å². The molecule has 0 spiro atoms. The van der Waals surface area contributed by atoms with Crippen LogP contribution in [0, 0.1) is 5.41 Å². The monoisotopic (exact) mass is 617 g/mol. The molecule has 1 amide bonds. The van der Waals surface area contributed by atoms with Crippen molar-refractivity contribution in [2.45, 2.75) is 58.6 Å². The van der Waals surface area contributed by atoms with Crippen LogP contribution in [-0.2, 0) is 12.0 Å². The lowest BCUT2D eigenvalue weighted by atomic mass is 9.84. The number of nitrogens with one attached hydrogen (secondary N) is 2. The highest BCUT2D eigenvalue weighted by Gasteiger charge is 2.32. The molecule has 1 aromatic carbocycles. The maximum absolute atomic E-state index is 13.7. The Labute approximate surface area is 246 Å². The number of hydrogen-bond acceptors (Lipinski definition) is 8. The van der Waals surface area contributed by atoms with E-state index in [1.54, 1.807) is 18.1 Å². The number of amides is 1. The SMILES string of the molecule is Br.CCOc1cc2c(nc1C(=O)NC)C(=N)N(CC(=O)c1cc(N3CCC(O)CC3)c(OC)c(C(C)(C)C)c1)C2. The lowest BCUT2D eigenvalue weighted by Crippen LogP contribution is -2.36. The van der Waals surface area contributed by atoms with Gasteiger partial charge < -0.3 is 29.7 Å². The number of piperidine rings is 1. The standard InChI is InChI=1S/C29H39N5O5.BrH/c1-7-39-23-14-18-15-34(27(30)24(18)32-25(23)28(37)31-5)16-22(36)17-12-20(29(2,3)4)26(38-6)21(13-17)33-10-8-19(35)9-11-33;/h12-14,19,30,35H,7-11,15-16H2,1-6H3,(H,31,37);1H. The van der Waals surface area contributed by atoms with Gasteiger partial charge in [-0.25, -0.2) is 4.98 Å². The van der Waals surface area contributed by atoms with Gasteiger partial charge in [-0.3, -0.25) is 15.0 Å². The minimum Gasteiger partial charge on any atom is -0.494 e. The Morgan fingerprint density at radius 1 is 1.20 bits per heavy atom. The first-order chi connectivity index (χ1) is 18.5. The summed E-state index contributed by atoms with van der Waals surface area (Å²) in [6.45, 7) is 10.1. The summed E-state index contributed by atoms with van der Waals surface area (Å²) in [6.07, 6.45) is 0.997. The van der Waals surface area contributed by atoms with E-state index in [0.29, 0.717) is 56.1 Å². The van der Waals surface area contributed by atoms with Gasteiger partial charge in [-0.1, -0.05) is 20.8 Å². The number of methoxy groups -OCH3 is 1. The molecule has 2 aromatic rings. The number of rotatable bonds is 8. The number of hydrogen-bond donors (Lipinski definition) is 3.